The molecule has 1 aliphatic carbocycles. The molecule has 2 rings (SSSR count). The number of rotatable bonds is 3. The summed E-state index contributed by atoms with van der Waals surface area (Å²) in [5.41, 5.74) is 9.03. The van der Waals surface area contributed by atoms with Crippen molar-refractivity contribution in [3.05, 3.63) is 29.3 Å². The van der Waals surface area contributed by atoms with Gasteiger partial charge < -0.3 is 11.1 Å². The molecule has 3 N–H and O–H groups in total. The second-order valence-corrected chi connectivity index (χ2v) is 4.92. The van der Waals surface area contributed by atoms with Gasteiger partial charge in [0, 0.05) is 5.69 Å². The summed E-state index contributed by atoms with van der Waals surface area (Å²) >= 11 is 1.54. The summed E-state index contributed by atoms with van der Waals surface area (Å²) in [6.45, 7) is 0. The van der Waals surface area contributed by atoms with Gasteiger partial charge in [0.05, 0.1) is 11.8 Å². The topological polar surface area (TPSA) is 55.1 Å². The monoisotopic (exact) mass is 236 g/mol. The molecule has 1 aromatic rings. The lowest BCUT2D eigenvalue weighted by molar-refractivity contribution is -0.119. The average molecular weight is 236 g/mol. The molecule has 0 radical (unpaired) electrons. The van der Waals surface area contributed by atoms with Crippen molar-refractivity contribution in [3.63, 3.8) is 0 Å². The zero-order valence-corrected chi connectivity index (χ0v) is 10.1. The zero-order chi connectivity index (χ0) is 11.5. The SMILES string of the molecule is CSCC(=O)NC1CCc2cc(N)ccc21. The molecule has 0 spiro atoms. The van der Waals surface area contributed by atoms with E-state index >= 15 is 0 Å². The number of aryl methyl sites for hydroxylation is 1. The Morgan fingerprint density at radius 3 is 3.19 bits per heavy atom. The number of hydrogen-bond donors (Lipinski definition) is 2. The molecule has 3 nitrogen and oxygen atoms in total. The summed E-state index contributed by atoms with van der Waals surface area (Å²) in [6.07, 6.45) is 3.92. The van der Waals surface area contributed by atoms with Gasteiger partial charge in [-0.15, -0.1) is 0 Å². The number of nitrogen functional groups attached to an aromatic ring is 1. The summed E-state index contributed by atoms with van der Waals surface area (Å²) in [5.74, 6) is 0.642. The highest BCUT2D eigenvalue weighted by Crippen LogP contribution is 2.32. The highest BCUT2D eigenvalue weighted by molar-refractivity contribution is 7.99. The fourth-order valence-electron chi connectivity index (χ4n) is 2.15. The molecule has 0 aliphatic heterocycles. The fraction of sp³-hybridized carbons (Fsp3) is 0.417. The molecule has 16 heavy (non-hydrogen) atoms. The van der Waals surface area contributed by atoms with Gasteiger partial charge in [0.15, 0.2) is 0 Å². The van der Waals surface area contributed by atoms with Gasteiger partial charge in [-0.2, -0.15) is 11.8 Å². The summed E-state index contributed by atoms with van der Waals surface area (Å²) in [7, 11) is 0. The summed E-state index contributed by atoms with van der Waals surface area (Å²) < 4.78 is 0. The molecule has 0 aromatic heterocycles. The lowest BCUT2D eigenvalue weighted by Gasteiger charge is -2.13. The van der Waals surface area contributed by atoms with Crippen LogP contribution in [0.5, 0.6) is 0 Å². The highest BCUT2D eigenvalue weighted by Gasteiger charge is 2.23. The quantitative estimate of drug-likeness (QED) is 0.786. The van der Waals surface area contributed by atoms with E-state index in [2.05, 4.69) is 5.32 Å². The smallest absolute Gasteiger partial charge is 0.230 e. The molecular formula is C12H16N2OS. The Labute approximate surface area is 99.8 Å². The van der Waals surface area contributed by atoms with Crippen LogP contribution in [0.4, 0.5) is 5.69 Å². The Balaban J connectivity index is 2.09. The van der Waals surface area contributed by atoms with E-state index in [1.54, 1.807) is 11.8 Å². The van der Waals surface area contributed by atoms with E-state index in [1.807, 2.05) is 24.5 Å². The van der Waals surface area contributed by atoms with Crippen molar-refractivity contribution in [1.29, 1.82) is 0 Å². The number of carbonyl (C=O) groups excluding carboxylic acids is 1. The third kappa shape index (κ3) is 2.32. The Morgan fingerprint density at radius 1 is 1.62 bits per heavy atom. The molecule has 1 atom stereocenters. The Morgan fingerprint density at radius 2 is 2.44 bits per heavy atom. The van der Waals surface area contributed by atoms with Gasteiger partial charge in [0.1, 0.15) is 0 Å². The van der Waals surface area contributed by atoms with E-state index in [0.29, 0.717) is 5.75 Å². The van der Waals surface area contributed by atoms with E-state index in [0.717, 1.165) is 18.5 Å². The van der Waals surface area contributed by atoms with Crippen LogP contribution in [0.1, 0.15) is 23.6 Å². The maximum atomic E-state index is 11.5. The van der Waals surface area contributed by atoms with Crippen molar-refractivity contribution >= 4 is 23.4 Å². The molecule has 86 valence electrons. The molecule has 0 heterocycles. The molecule has 1 aliphatic rings. The number of thioether (sulfide) groups is 1. The summed E-state index contributed by atoms with van der Waals surface area (Å²) in [5, 5.41) is 3.05. The summed E-state index contributed by atoms with van der Waals surface area (Å²) in [6, 6.07) is 6.12. The Kier molecular flexibility index (Phi) is 3.39. The first-order chi connectivity index (χ1) is 7.70. The molecule has 0 saturated heterocycles. The number of fused-ring (bicyclic) bond motifs is 1. The first-order valence-electron chi connectivity index (χ1n) is 5.37. The van der Waals surface area contributed by atoms with E-state index in [9.17, 15) is 4.79 Å². The molecule has 1 unspecified atom stereocenters. The van der Waals surface area contributed by atoms with Crippen molar-refractivity contribution in [3.8, 4) is 0 Å². The van der Waals surface area contributed by atoms with Gasteiger partial charge in [0.2, 0.25) is 5.91 Å². The van der Waals surface area contributed by atoms with E-state index in [1.165, 1.54) is 11.1 Å². The second-order valence-electron chi connectivity index (χ2n) is 4.05. The van der Waals surface area contributed by atoms with Crippen molar-refractivity contribution in [1.82, 2.24) is 5.32 Å². The minimum atomic E-state index is 0.113. The van der Waals surface area contributed by atoms with Gasteiger partial charge >= 0.3 is 0 Å². The molecular weight excluding hydrogens is 220 g/mol. The van der Waals surface area contributed by atoms with Gasteiger partial charge in [-0.25, -0.2) is 0 Å². The van der Waals surface area contributed by atoms with Gasteiger partial charge in [-0.05, 0) is 42.4 Å². The number of amides is 1. The normalized spacial score (nSPS) is 18.2. The van der Waals surface area contributed by atoms with E-state index in [-0.39, 0.29) is 11.9 Å². The van der Waals surface area contributed by atoms with Crippen LogP contribution in [0.25, 0.3) is 0 Å². The number of benzene rings is 1. The van der Waals surface area contributed by atoms with Crippen LogP contribution in [0.3, 0.4) is 0 Å². The number of carbonyl (C=O) groups is 1. The van der Waals surface area contributed by atoms with Gasteiger partial charge in [-0.1, -0.05) is 6.07 Å². The lowest BCUT2D eigenvalue weighted by atomic mass is 10.1. The second kappa shape index (κ2) is 4.78. The number of nitrogens with two attached hydrogens (primary N) is 1. The Hall–Kier alpha value is -1.16. The third-order valence-corrected chi connectivity index (χ3v) is 3.41. The maximum absolute atomic E-state index is 11.5. The molecule has 0 bridgehead atoms. The highest BCUT2D eigenvalue weighted by atomic mass is 32.2. The molecule has 1 amide bonds. The van der Waals surface area contributed by atoms with Crippen LogP contribution in [-0.4, -0.2) is 17.9 Å². The first kappa shape index (κ1) is 11.3. The predicted octanol–water partition coefficient (Wildman–Crippen LogP) is 1.74. The molecule has 1 aromatic carbocycles. The number of nitrogens with one attached hydrogen (secondary N) is 1. The van der Waals surface area contributed by atoms with Crippen LogP contribution in [0.15, 0.2) is 18.2 Å². The van der Waals surface area contributed by atoms with Crippen LogP contribution < -0.4 is 11.1 Å². The minimum Gasteiger partial charge on any atom is -0.399 e. The predicted molar refractivity (Wildman–Crippen MR) is 68.4 cm³/mol. The first-order valence-corrected chi connectivity index (χ1v) is 6.76. The minimum absolute atomic E-state index is 0.113. The Bertz CT molecular complexity index is 406. The van der Waals surface area contributed by atoms with Crippen molar-refractivity contribution in [2.45, 2.75) is 18.9 Å². The molecule has 0 saturated carbocycles. The maximum Gasteiger partial charge on any atom is 0.230 e. The lowest BCUT2D eigenvalue weighted by Crippen LogP contribution is -2.28. The fourth-order valence-corrected chi connectivity index (χ4v) is 2.50. The van der Waals surface area contributed by atoms with Crippen molar-refractivity contribution in [2.75, 3.05) is 17.7 Å². The average Bonchev–Trinajstić information content (AvgIpc) is 2.61. The van der Waals surface area contributed by atoms with Gasteiger partial charge in [-0.3, -0.25) is 4.79 Å². The van der Waals surface area contributed by atoms with Crippen LogP contribution in [-0.2, 0) is 11.2 Å². The van der Waals surface area contributed by atoms with Crippen molar-refractivity contribution < 1.29 is 4.79 Å². The molecule has 4 heteroatoms. The van der Waals surface area contributed by atoms with E-state index in [4.69, 9.17) is 5.73 Å². The summed E-state index contributed by atoms with van der Waals surface area (Å²) in [4.78, 5) is 11.5. The van der Waals surface area contributed by atoms with Crippen LogP contribution in [0, 0.1) is 0 Å². The number of hydrogen-bond acceptors (Lipinski definition) is 3. The number of anilines is 1. The van der Waals surface area contributed by atoms with Crippen LogP contribution in [0.2, 0.25) is 0 Å². The molecule has 0 fully saturated rings. The van der Waals surface area contributed by atoms with E-state index < -0.39 is 0 Å². The van der Waals surface area contributed by atoms with Crippen LogP contribution >= 0.6 is 11.8 Å². The van der Waals surface area contributed by atoms with Gasteiger partial charge in [0.25, 0.3) is 0 Å². The zero-order valence-electron chi connectivity index (χ0n) is 9.32. The van der Waals surface area contributed by atoms with Crippen molar-refractivity contribution in [2.24, 2.45) is 0 Å². The largest absolute Gasteiger partial charge is 0.399 e. The third-order valence-electron chi connectivity index (χ3n) is 2.86. The standard InChI is InChI=1S/C12H16N2OS/c1-16-7-12(15)14-11-5-2-8-6-9(13)3-4-10(8)11/h3-4,6,11H,2,5,7,13H2,1H3,(H,14,15).